The van der Waals surface area contributed by atoms with Crippen LogP contribution in [0.1, 0.15) is 16.7 Å². The summed E-state index contributed by atoms with van der Waals surface area (Å²) in [6.07, 6.45) is 0.159. The summed E-state index contributed by atoms with van der Waals surface area (Å²) in [5.41, 5.74) is 4.90. The Kier molecular flexibility index (Phi) is 6.17. The SMILES string of the molecule is Cc1ccc(CC(=O)OCC(=O)Nc2ccc(N(C)C)cc2)cc1C. The topological polar surface area (TPSA) is 58.6 Å². The Morgan fingerprint density at radius 2 is 1.68 bits per heavy atom. The van der Waals surface area contributed by atoms with E-state index in [9.17, 15) is 9.59 Å². The maximum absolute atomic E-state index is 11.9. The smallest absolute Gasteiger partial charge is 0.310 e. The molecule has 1 amide bonds. The van der Waals surface area contributed by atoms with Crippen LogP contribution >= 0.6 is 0 Å². The van der Waals surface area contributed by atoms with E-state index in [1.807, 2.05) is 75.3 Å². The number of aryl methyl sites for hydroxylation is 2. The van der Waals surface area contributed by atoms with Crippen molar-refractivity contribution in [2.24, 2.45) is 0 Å². The van der Waals surface area contributed by atoms with Crippen molar-refractivity contribution in [1.82, 2.24) is 0 Å². The number of rotatable bonds is 6. The quantitative estimate of drug-likeness (QED) is 0.821. The number of hydrogen-bond acceptors (Lipinski definition) is 4. The molecule has 5 nitrogen and oxygen atoms in total. The minimum absolute atomic E-state index is 0.159. The average Bonchev–Trinajstić information content (AvgIpc) is 2.57. The molecular weight excluding hydrogens is 316 g/mol. The van der Waals surface area contributed by atoms with Crippen LogP contribution in [0.15, 0.2) is 42.5 Å². The van der Waals surface area contributed by atoms with Crippen LogP contribution in [0.25, 0.3) is 0 Å². The van der Waals surface area contributed by atoms with Gasteiger partial charge in [-0.3, -0.25) is 9.59 Å². The molecule has 0 aliphatic carbocycles. The lowest BCUT2D eigenvalue weighted by molar-refractivity contribution is -0.146. The van der Waals surface area contributed by atoms with Gasteiger partial charge in [0.15, 0.2) is 6.61 Å². The fourth-order valence-corrected chi connectivity index (χ4v) is 2.32. The van der Waals surface area contributed by atoms with Crippen molar-refractivity contribution in [2.45, 2.75) is 20.3 Å². The number of esters is 1. The van der Waals surface area contributed by atoms with Gasteiger partial charge in [0, 0.05) is 25.5 Å². The molecule has 0 bridgehead atoms. The van der Waals surface area contributed by atoms with E-state index in [-0.39, 0.29) is 18.9 Å². The number of carbonyl (C=O) groups is 2. The highest BCUT2D eigenvalue weighted by Crippen LogP contribution is 2.15. The zero-order valence-corrected chi connectivity index (χ0v) is 15.1. The van der Waals surface area contributed by atoms with Crippen LogP contribution in [-0.2, 0) is 20.7 Å². The summed E-state index contributed by atoms with van der Waals surface area (Å²) in [6, 6.07) is 13.3. The average molecular weight is 340 g/mol. The summed E-state index contributed by atoms with van der Waals surface area (Å²) in [4.78, 5) is 25.7. The number of carbonyl (C=O) groups excluding carboxylic acids is 2. The van der Waals surface area contributed by atoms with Crippen LogP contribution in [0.3, 0.4) is 0 Å². The summed E-state index contributed by atoms with van der Waals surface area (Å²) in [7, 11) is 3.89. The first kappa shape index (κ1) is 18.5. The van der Waals surface area contributed by atoms with Crippen molar-refractivity contribution < 1.29 is 14.3 Å². The minimum atomic E-state index is -0.415. The highest BCUT2D eigenvalue weighted by Gasteiger charge is 2.09. The van der Waals surface area contributed by atoms with E-state index in [4.69, 9.17) is 4.74 Å². The van der Waals surface area contributed by atoms with E-state index in [0.29, 0.717) is 5.69 Å². The van der Waals surface area contributed by atoms with Gasteiger partial charge in [0.1, 0.15) is 0 Å². The van der Waals surface area contributed by atoms with Crippen LogP contribution in [0.5, 0.6) is 0 Å². The Morgan fingerprint density at radius 3 is 2.28 bits per heavy atom. The Morgan fingerprint density at radius 1 is 1.00 bits per heavy atom. The second-order valence-corrected chi connectivity index (χ2v) is 6.25. The predicted molar refractivity (Wildman–Crippen MR) is 100.0 cm³/mol. The third kappa shape index (κ3) is 5.64. The van der Waals surface area contributed by atoms with Crippen molar-refractivity contribution in [3.8, 4) is 0 Å². The Hall–Kier alpha value is -2.82. The third-order valence-corrected chi connectivity index (χ3v) is 3.95. The molecule has 2 aromatic rings. The molecule has 2 aromatic carbocycles. The molecule has 0 saturated carbocycles. The van der Waals surface area contributed by atoms with Gasteiger partial charge in [-0.15, -0.1) is 0 Å². The summed E-state index contributed by atoms with van der Waals surface area (Å²) in [5.74, 6) is -0.771. The van der Waals surface area contributed by atoms with Gasteiger partial charge >= 0.3 is 5.97 Å². The van der Waals surface area contributed by atoms with Crippen molar-refractivity contribution in [3.63, 3.8) is 0 Å². The maximum atomic E-state index is 11.9. The van der Waals surface area contributed by atoms with Crippen LogP contribution in [0, 0.1) is 13.8 Å². The lowest BCUT2D eigenvalue weighted by Gasteiger charge is -2.13. The van der Waals surface area contributed by atoms with Gasteiger partial charge in [-0.05, 0) is 54.8 Å². The molecule has 2 rings (SSSR count). The third-order valence-electron chi connectivity index (χ3n) is 3.95. The van der Waals surface area contributed by atoms with Gasteiger partial charge in [0.25, 0.3) is 5.91 Å². The van der Waals surface area contributed by atoms with Gasteiger partial charge in [0.2, 0.25) is 0 Å². The van der Waals surface area contributed by atoms with Crippen LogP contribution in [-0.4, -0.2) is 32.6 Å². The fraction of sp³-hybridized carbons (Fsp3) is 0.300. The Labute approximate surface area is 148 Å². The molecule has 5 heteroatoms. The zero-order chi connectivity index (χ0) is 18.4. The normalized spacial score (nSPS) is 10.2. The summed E-state index contributed by atoms with van der Waals surface area (Å²) in [6.45, 7) is 3.73. The largest absolute Gasteiger partial charge is 0.455 e. The van der Waals surface area contributed by atoms with E-state index in [2.05, 4.69) is 5.32 Å². The summed E-state index contributed by atoms with van der Waals surface area (Å²) < 4.78 is 5.05. The number of benzene rings is 2. The first-order valence-corrected chi connectivity index (χ1v) is 8.14. The first-order chi connectivity index (χ1) is 11.8. The second kappa shape index (κ2) is 8.33. The van der Waals surface area contributed by atoms with E-state index >= 15 is 0 Å². The number of amides is 1. The standard InChI is InChI=1S/C20H24N2O3/c1-14-5-6-16(11-15(14)2)12-20(24)25-13-19(23)21-17-7-9-18(10-8-17)22(3)4/h5-11H,12-13H2,1-4H3,(H,21,23). The molecule has 0 unspecified atom stereocenters. The lowest BCUT2D eigenvalue weighted by Crippen LogP contribution is -2.21. The number of ether oxygens (including phenoxy) is 1. The van der Waals surface area contributed by atoms with Crippen molar-refractivity contribution >= 4 is 23.3 Å². The van der Waals surface area contributed by atoms with Gasteiger partial charge in [-0.1, -0.05) is 18.2 Å². The molecule has 0 heterocycles. The number of nitrogens with zero attached hydrogens (tertiary/aromatic N) is 1. The predicted octanol–water partition coefficient (Wildman–Crippen LogP) is 3.09. The van der Waals surface area contributed by atoms with Gasteiger partial charge in [-0.2, -0.15) is 0 Å². The van der Waals surface area contributed by atoms with E-state index in [1.54, 1.807) is 0 Å². The number of nitrogens with one attached hydrogen (secondary N) is 1. The summed E-state index contributed by atoms with van der Waals surface area (Å²) >= 11 is 0. The van der Waals surface area contributed by atoms with Crippen LogP contribution in [0.4, 0.5) is 11.4 Å². The lowest BCUT2D eigenvalue weighted by atomic mass is 10.0. The van der Waals surface area contributed by atoms with E-state index < -0.39 is 5.97 Å². The fourth-order valence-electron chi connectivity index (χ4n) is 2.32. The molecule has 0 saturated heterocycles. The molecule has 0 aliphatic heterocycles. The zero-order valence-electron chi connectivity index (χ0n) is 15.1. The molecule has 0 spiro atoms. The molecule has 1 N–H and O–H groups in total. The molecule has 25 heavy (non-hydrogen) atoms. The van der Waals surface area contributed by atoms with Crippen molar-refractivity contribution in [3.05, 3.63) is 59.2 Å². The van der Waals surface area contributed by atoms with Crippen molar-refractivity contribution in [2.75, 3.05) is 30.9 Å². The molecule has 0 atom stereocenters. The number of anilines is 2. The monoisotopic (exact) mass is 340 g/mol. The maximum Gasteiger partial charge on any atom is 0.310 e. The highest BCUT2D eigenvalue weighted by molar-refractivity contribution is 5.93. The summed E-state index contributed by atoms with van der Waals surface area (Å²) in [5, 5.41) is 2.71. The van der Waals surface area contributed by atoms with Crippen LogP contribution in [0.2, 0.25) is 0 Å². The van der Waals surface area contributed by atoms with Gasteiger partial charge < -0.3 is 15.0 Å². The molecule has 0 aliphatic rings. The molecular formula is C20H24N2O3. The minimum Gasteiger partial charge on any atom is -0.455 e. The number of hydrogen-bond donors (Lipinski definition) is 1. The molecule has 132 valence electrons. The Balaban J connectivity index is 1.80. The highest BCUT2D eigenvalue weighted by atomic mass is 16.5. The second-order valence-electron chi connectivity index (χ2n) is 6.25. The van der Waals surface area contributed by atoms with E-state index in [0.717, 1.165) is 16.8 Å². The van der Waals surface area contributed by atoms with Gasteiger partial charge in [0.05, 0.1) is 6.42 Å². The van der Waals surface area contributed by atoms with E-state index in [1.165, 1.54) is 5.56 Å². The Bertz CT molecular complexity index is 752. The molecule has 0 fully saturated rings. The van der Waals surface area contributed by atoms with Crippen LogP contribution < -0.4 is 10.2 Å². The van der Waals surface area contributed by atoms with Gasteiger partial charge in [-0.25, -0.2) is 0 Å². The molecule has 0 radical (unpaired) electrons. The van der Waals surface area contributed by atoms with Crippen molar-refractivity contribution in [1.29, 1.82) is 0 Å². The first-order valence-electron chi connectivity index (χ1n) is 8.14. The molecule has 0 aromatic heterocycles.